The number of carbonyl (C=O) groups is 1. The summed E-state index contributed by atoms with van der Waals surface area (Å²) in [5.74, 6) is -0.482. The fraction of sp³-hybridized carbons (Fsp3) is 0.125. The zero-order valence-electron chi connectivity index (χ0n) is 7.52. The van der Waals surface area contributed by atoms with Gasteiger partial charge in [0.15, 0.2) is 6.29 Å². The van der Waals surface area contributed by atoms with Crippen LogP contribution in [0.25, 0.3) is 0 Å². The van der Waals surface area contributed by atoms with Gasteiger partial charge in [-0.1, -0.05) is 11.6 Å². The maximum atomic E-state index is 11.9. The molecule has 0 aliphatic rings. The normalized spacial score (nSPS) is 10.2. The third-order valence-corrected chi connectivity index (χ3v) is 1.92. The Hall–Kier alpha value is -1.76. The number of alkyl halides is 2. The molecule has 0 atom stereocenters. The minimum absolute atomic E-state index is 0.160. The number of hydrogen-bond acceptors (Lipinski definition) is 4. The first-order chi connectivity index (χ1) is 7.45. The molecule has 1 rings (SSSR count). The minimum atomic E-state index is -3.13. The molecule has 1 aromatic carbocycles. The lowest BCUT2D eigenvalue weighted by Gasteiger charge is -2.07. The number of hydrogen-bond donors (Lipinski definition) is 0. The lowest BCUT2D eigenvalue weighted by Crippen LogP contribution is -2.04. The number of benzene rings is 1. The van der Waals surface area contributed by atoms with Crippen molar-refractivity contribution in [1.29, 1.82) is 0 Å². The van der Waals surface area contributed by atoms with Gasteiger partial charge in [0, 0.05) is 6.07 Å². The van der Waals surface area contributed by atoms with E-state index in [9.17, 15) is 23.7 Å². The zero-order valence-corrected chi connectivity index (χ0v) is 8.28. The Morgan fingerprint density at radius 2 is 2.12 bits per heavy atom. The number of nitrogens with zero attached hydrogens (tertiary/aromatic N) is 1. The van der Waals surface area contributed by atoms with Crippen molar-refractivity contribution in [2.45, 2.75) is 6.61 Å². The van der Waals surface area contributed by atoms with Crippen molar-refractivity contribution in [3.8, 4) is 5.75 Å². The second kappa shape index (κ2) is 4.84. The van der Waals surface area contributed by atoms with Crippen molar-refractivity contribution in [3.63, 3.8) is 0 Å². The summed E-state index contributed by atoms with van der Waals surface area (Å²) in [7, 11) is 0. The molecule has 0 radical (unpaired) electrons. The number of aldehydes is 1. The predicted octanol–water partition coefficient (Wildman–Crippen LogP) is 2.66. The van der Waals surface area contributed by atoms with E-state index in [0.29, 0.717) is 0 Å². The summed E-state index contributed by atoms with van der Waals surface area (Å²) in [4.78, 5) is 20.1. The van der Waals surface area contributed by atoms with Crippen molar-refractivity contribution in [2.24, 2.45) is 0 Å². The summed E-state index contributed by atoms with van der Waals surface area (Å²) in [6.07, 6.45) is 0.160. The van der Waals surface area contributed by atoms with Crippen LogP contribution in [0.3, 0.4) is 0 Å². The highest BCUT2D eigenvalue weighted by Gasteiger charge is 2.19. The molecule has 5 nitrogen and oxygen atoms in total. The van der Waals surface area contributed by atoms with Crippen LogP contribution >= 0.6 is 11.6 Å². The molecule has 0 saturated carbocycles. The lowest BCUT2D eigenvalue weighted by atomic mass is 10.2. The lowest BCUT2D eigenvalue weighted by molar-refractivity contribution is -0.385. The van der Waals surface area contributed by atoms with E-state index < -0.39 is 23.0 Å². The van der Waals surface area contributed by atoms with Crippen molar-refractivity contribution in [2.75, 3.05) is 0 Å². The number of halogens is 3. The number of nitro groups is 1. The molecular weight excluding hydrogens is 248 g/mol. The van der Waals surface area contributed by atoms with Crippen LogP contribution in [0.4, 0.5) is 14.5 Å². The monoisotopic (exact) mass is 251 g/mol. The smallest absolute Gasteiger partial charge is 0.387 e. The summed E-state index contributed by atoms with van der Waals surface area (Å²) in [6.45, 7) is -3.13. The van der Waals surface area contributed by atoms with Crippen LogP contribution in [0.5, 0.6) is 5.75 Å². The topological polar surface area (TPSA) is 69.4 Å². The van der Waals surface area contributed by atoms with Gasteiger partial charge in [0.05, 0.1) is 15.5 Å². The van der Waals surface area contributed by atoms with Gasteiger partial charge < -0.3 is 4.74 Å². The average molecular weight is 252 g/mol. The first-order valence-electron chi connectivity index (χ1n) is 3.83. The number of rotatable bonds is 4. The molecule has 0 fully saturated rings. The molecule has 86 valence electrons. The second-order valence-corrected chi connectivity index (χ2v) is 3.00. The molecule has 0 saturated heterocycles. The van der Waals surface area contributed by atoms with E-state index in [1.807, 2.05) is 0 Å². The maximum Gasteiger partial charge on any atom is 0.387 e. The molecule has 0 aromatic heterocycles. The highest BCUT2D eigenvalue weighted by Crippen LogP contribution is 2.32. The van der Waals surface area contributed by atoms with Crippen LogP contribution in [0.1, 0.15) is 10.4 Å². The van der Waals surface area contributed by atoms with E-state index in [2.05, 4.69) is 4.74 Å². The summed E-state index contributed by atoms with van der Waals surface area (Å²) < 4.78 is 27.8. The van der Waals surface area contributed by atoms with Crippen molar-refractivity contribution in [3.05, 3.63) is 32.8 Å². The van der Waals surface area contributed by atoms with Crippen LogP contribution in [0, 0.1) is 10.1 Å². The van der Waals surface area contributed by atoms with Crippen LogP contribution in [-0.4, -0.2) is 17.8 Å². The van der Waals surface area contributed by atoms with Gasteiger partial charge in [-0.2, -0.15) is 8.78 Å². The van der Waals surface area contributed by atoms with E-state index >= 15 is 0 Å². The van der Waals surface area contributed by atoms with Crippen LogP contribution in [0.15, 0.2) is 12.1 Å². The van der Waals surface area contributed by atoms with Gasteiger partial charge in [-0.3, -0.25) is 14.9 Å². The molecule has 0 bridgehead atoms. The average Bonchev–Trinajstić information content (AvgIpc) is 2.19. The fourth-order valence-corrected chi connectivity index (χ4v) is 1.20. The van der Waals surface area contributed by atoms with E-state index in [0.717, 1.165) is 12.1 Å². The third-order valence-electron chi connectivity index (χ3n) is 1.62. The molecule has 0 aliphatic carbocycles. The Kier molecular flexibility index (Phi) is 3.73. The standard InChI is InChI=1S/C8H4ClF2NO4/c9-5-2-6(12(14)15)4(3-13)1-7(5)16-8(10)11/h1-3,8H. The van der Waals surface area contributed by atoms with Gasteiger partial charge in [-0.15, -0.1) is 0 Å². The first-order valence-corrected chi connectivity index (χ1v) is 4.21. The second-order valence-electron chi connectivity index (χ2n) is 2.59. The third kappa shape index (κ3) is 2.63. The zero-order chi connectivity index (χ0) is 12.3. The molecule has 0 amide bonds. The van der Waals surface area contributed by atoms with Gasteiger partial charge in [0.2, 0.25) is 0 Å². The highest BCUT2D eigenvalue weighted by molar-refractivity contribution is 6.32. The molecule has 0 aliphatic heterocycles. The molecule has 0 heterocycles. The van der Waals surface area contributed by atoms with Gasteiger partial charge in [0.1, 0.15) is 5.75 Å². The summed E-state index contributed by atoms with van der Waals surface area (Å²) >= 11 is 5.47. The van der Waals surface area contributed by atoms with Crippen molar-refractivity contribution >= 4 is 23.6 Å². The Balaban J connectivity index is 3.25. The van der Waals surface area contributed by atoms with Crippen LogP contribution in [-0.2, 0) is 0 Å². The molecule has 8 heteroatoms. The first kappa shape index (κ1) is 12.3. The molecule has 16 heavy (non-hydrogen) atoms. The molecule has 0 spiro atoms. The Morgan fingerprint density at radius 1 is 1.50 bits per heavy atom. The molecular formula is C8H4ClF2NO4. The molecule has 0 N–H and O–H groups in total. The summed E-state index contributed by atoms with van der Waals surface area (Å²) in [6, 6.07) is 1.57. The van der Waals surface area contributed by atoms with E-state index in [1.165, 1.54) is 0 Å². The van der Waals surface area contributed by atoms with Crippen LogP contribution in [0.2, 0.25) is 5.02 Å². The van der Waals surface area contributed by atoms with Gasteiger partial charge in [0.25, 0.3) is 5.69 Å². The molecule has 0 unspecified atom stereocenters. The van der Waals surface area contributed by atoms with Gasteiger partial charge >= 0.3 is 6.61 Å². The SMILES string of the molecule is O=Cc1cc(OC(F)F)c(Cl)cc1[N+](=O)[O-]. The number of carbonyl (C=O) groups excluding carboxylic acids is 1. The summed E-state index contributed by atoms with van der Waals surface area (Å²) in [5, 5.41) is 10.1. The van der Waals surface area contributed by atoms with E-state index in [-0.39, 0.29) is 16.9 Å². The minimum Gasteiger partial charge on any atom is -0.433 e. The van der Waals surface area contributed by atoms with E-state index in [4.69, 9.17) is 11.6 Å². The van der Waals surface area contributed by atoms with Crippen molar-refractivity contribution < 1.29 is 23.2 Å². The highest BCUT2D eigenvalue weighted by atomic mass is 35.5. The Bertz CT molecular complexity index is 438. The predicted molar refractivity (Wildman–Crippen MR) is 50.1 cm³/mol. The Morgan fingerprint density at radius 3 is 2.56 bits per heavy atom. The molecule has 1 aromatic rings. The number of ether oxygens (including phenoxy) is 1. The van der Waals surface area contributed by atoms with Gasteiger partial charge in [-0.05, 0) is 6.07 Å². The Labute approximate surface area is 92.7 Å². The van der Waals surface area contributed by atoms with E-state index in [1.54, 1.807) is 0 Å². The summed E-state index contributed by atoms with van der Waals surface area (Å²) in [5.41, 5.74) is -0.952. The maximum absolute atomic E-state index is 11.9. The van der Waals surface area contributed by atoms with Gasteiger partial charge in [-0.25, -0.2) is 0 Å². The largest absolute Gasteiger partial charge is 0.433 e. The quantitative estimate of drug-likeness (QED) is 0.469. The fourth-order valence-electron chi connectivity index (χ4n) is 0.997. The number of nitro benzene ring substituents is 1. The van der Waals surface area contributed by atoms with Crippen molar-refractivity contribution in [1.82, 2.24) is 0 Å². The van der Waals surface area contributed by atoms with Crippen LogP contribution < -0.4 is 4.74 Å².